The summed E-state index contributed by atoms with van der Waals surface area (Å²) in [4.78, 5) is 0.242. The summed E-state index contributed by atoms with van der Waals surface area (Å²) in [5.41, 5.74) is 0. The summed E-state index contributed by atoms with van der Waals surface area (Å²) in [6.07, 6.45) is 0. The minimum Gasteiger partial charge on any atom is -0.383 e. The summed E-state index contributed by atoms with van der Waals surface area (Å²) >= 11 is 6.64. The van der Waals surface area contributed by atoms with E-state index in [-0.39, 0.29) is 9.72 Å². The Kier molecular flexibility index (Phi) is 6.26. The molecule has 0 radical (unpaired) electrons. The fourth-order valence-corrected chi connectivity index (χ4v) is 4.12. The van der Waals surface area contributed by atoms with Crippen LogP contribution in [0.1, 0.15) is 0 Å². The smallest absolute Gasteiger partial charge is 0.242 e. The molecule has 0 aliphatic carbocycles. The van der Waals surface area contributed by atoms with Crippen LogP contribution < -0.4 is 0 Å². The predicted molar refractivity (Wildman–Crippen MR) is 78.5 cm³/mol. The second kappa shape index (κ2) is 7.00. The zero-order valence-electron chi connectivity index (χ0n) is 10.1. The van der Waals surface area contributed by atoms with Crippen molar-refractivity contribution < 1.29 is 13.2 Å². The van der Waals surface area contributed by atoms with Crippen molar-refractivity contribution in [2.75, 3.05) is 27.3 Å². The first-order valence-corrected chi connectivity index (χ1v) is 8.37. The molecule has 0 saturated heterocycles. The summed E-state index contributed by atoms with van der Waals surface area (Å²) in [6.45, 7) is 0.807. The third kappa shape index (κ3) is 4.31. The third-order valence-electron chi connectivity index (χ3n) is 2.31. The number of nitrogens with zero attached hydrogens (tertiary/aromatic N) is 1. The number of rotatable bonds is 6. The van der Waals surface area contributed by atoms with Gasteiger partial charge in [-0.2, -0.15) is 4.31 Å². The third-order valence-corrected chi connectivity index (χ3v) is 5.17. The summed E-state index contributed by atoms with van der Waals surface area (Å²) in [5, 5.41) is 0. The first-order valence-electron chi connectivity index (χ1n) is 5.23. The van der Waals surface area contributed by atoms with E-state index < -0.39 is 10.0 Å². The van der Waals surface area contributed by atoms with Crippen molar-refractivity contribution in [3.8, 4) is 0 Å². The molecule has 0 bridgehead atoms. The van der Waals surface area contributed by atoms with E-state index in [9.17, 15) is 8.42 Å². The molecule has 0 saturated carbocycles. The number of hydrogen-bond donors (Lipinski definition) is 0. The van der Waals surface area contributed by atoms with Gasteiger partial charge in [0, 0.05) is 25.2 Å². The van der Waals surface area contributed by atoms with Crippen LogP contribution >= 0.6 is 31.9 Å². The highest BCUT2D eigenvalue weighted by Crippen LogP contribution is 2.19. The largest absolute Gasteiger partial charge is 0.383 e. The lowest BCUT2D eigenvalue weighted by atomic mass is 10.4. The first-order chi connectivity index (χ1) is 8.37. The quantitative estimate of drug-likeness (QED) is 0.689. The van der Waals surface area contributed by atoms with Gasteiger partial charge in [-0.25, -0.2) is 8.42 Å². The average Bonchev–Trinajstić information content (AvgIpc) is 2.29. The lowest BCUT2D eigenvalue weighted by Crippen LogP contribution is -2.33. The molecule has 1 atom stereocenters. The van der Waals surface area contributed by atoms with Gasteiger partial charge in [-0.1, -0.05) is 37.9 Å². The van der Waals surface area contributed by atoms with Gasteiger partial charge >= 0.3 is 0 Å². The van der Waals surface area contributed by atoms with Crippen molar-refractivity contribution in [2.45, 2.75) is 9.72 Å². The van der Waals surface area contributed by atoms with Crippen LogP contribution in [-0.4, -0.2) is 44.9 Å². The summed E-state index contributed by atoms with van der Waals surface area (Å²) in [6, 6.07) is 6.66. The zero-order chi connectivity index (χ0) is 13.8. The fraction of sp³-hybridized carbons (Fsp3) is 0.455. The Morgan fingerprint density at radius 2 is 2.11 bits per heavy atom. The van der Waals surface area contributed by atoms with Crippen LogP contribution in [0.2, 0.25) is 0 Å². The van der Waals surface area contributed by atoms with Gasteiger partial charge in [0.25, 0.3) is 0 Å². The number of benzene rings is 1. The number of methoxy groups -OCH3 is 1. The Morgan fingerprint density at radius 3 is 2.67 bits per heavy atom. The fourth-order valence-electron chi connectivity index (χ4n) is 1.42. The van der Waals surface area contributed by atoms with Crippen molar-refractivity contribution in [3.63, 3.8) is 0 Å². The zero-order valence-corrected chi connectivity index (χ0v) is 14.1. The highest BCUT2D eigenvalue weighted by atomic mass is 79.9. The Morgan fingerprint density at radius 1 is 1.44 bits per heavy atom. The number of ether oxygens (including phenoxy) is 1. The van der Waals surface area contributed by atoms with E-state index in [1.54, 1.807) is 38.4 Å². The molecule has 0 fully saturated rings. The summed E-state index contributed by atoms with van der Waals surface area (Å²) < 4.78 is 31.6. The molecule has 1 aromatic rings. The van der Waals surface area contributed by atoms with E-state index >= 15 is 0 Å². The van der Waals surface area contributed by atoms with Gasteiger partial charge < -0.3 is 4.74 Å². The van der Waals surface area contributed by atoms with Gasteiger partial charge in [0.05, 0.1) is 16.3 Å². The number of alkyl halides is 1. The average molecular weight is 401 g/mol. The molecule has 0 aliphatic heterocycles. The van der Waals surface area contributed by atoms with Crippen molar-refractivity contribution in [1.29, 1.82) is 0 Å². The molecule has 0 heterocycles. The Hall–Kier alpha value is 0.0500. The molecule has 0 aliphatic rings. The molecule has 1 rings (SSSR count). The molecule has 1 unspecified atom stereocenters. The predicted octanol–water partition coefficient (Wildman–Crippen LogP) is 2.48. The SMILES string of the molecule is COCC(Br)CN(C)S(=O)(=O)c1cccc(Br)c1. The van der Waals surface area contributed by atoms with Crippen LogP contribution in [-0.2, 0) is 14.8 Å². The minimum atomic E-state index is -3.46. The van der Waals surface area contributed by atoms with E-state index in [2.05, 4.69) is 31.9 Å². The first kappa shape index (κ1) is 16.1. The van der Waals surface area contributed by atoms with Gasteiger partial charge in [-0.15, -0.1) is 0 Å². The van der Waals surface area contributed by atoms with Crippen LogP contribution in [0.4, 0.5) is 0 Å². The molecule has 0 amide bonds. The normalized spacial score (nSPS) is 13.8. The van der Waals surface area contributed by atoms with E-state index in [0.717, 1.165) is 4.47 Å². The van der Waals surface area contributed by atoms with Crippen LogP contribution in [0, 0.1) is 0 Å². The molecule has 102 valence electrons. The molecule has 4 nitrogen and oxygen atoms in total. The van der Waals surface area contributed by atoms with Gasteiger partial charge in [0.15, 0.2) is 0 Å². The molecular weight excluding hydrogens is 386 g/mol. The maximum atomic E-state index is 12.3. The topological polar surface area (TPSA) is 46.6 Å². The van der Waals surface area contributed by atoms with Gasteiger partial charge in [-0.05, 0) is 18.2 Å². The minimum absolute atomic E-state index is 0.0329. The van der Waals surface area contributed by atoms with Crippen molar-refractivity contribution in [3.05, 3.63) is 28.7 Å². The van der Waals surface area contributed by atoms with Crippen LogP contribution in [0.3, 0.4) is 0 Å². The highest BCUT2D eigenvalue weighted by molar-refractivity contribution is 9.10. The van der Waals surface area contributed by atoms with Crippen LogP contribution in [0.5, 0.6) is 0 Å². The van der Waals surface area contributed by atoms with Gasteiger partial charge in [0.1, 0.15) is 0 Å². The molecule has 1 aromatic carbocycles. The van der Waals surface area contributed by atoms with E-state index in [4.69, 9.17) is 4.74 Å². The monoisotopic (exact) mass is 399 g/mol. The second-order valence-corrected chi connectivity index (χ2v) is 8.05. The summed E-state index contributed by atoms with van der Waals surface area (Å²) in [7, 11) is -0.321. The molecule has 0 N–H and O–H groups in total. The molecule has 0 spiro atoms. The van der Waals surface area contributed by atoms with Crippen LogP contribution in [0.15, 0.2) is 33.6 Å². The van der Waals surface area contributed by atoms with Gasteiger partial charge in [0.2, 0.25) is 10.0 Å². The van der Waals surface area contributed by atoms with Crippen molar-refractivity contribution in [2.24, 2.45) is 0 Å². The summed E-state index contributed by atoms with van der Waals surface area (Å²) in [5.74, 6) is 0. The molecule has 0 aromatic heterocycles. The Bertz CT molecular complexity index is 493. The lowest BCUT2D eigenvalue weighted by molar-refractivity contribution is 0.195. The van der Waals surface area contributed by atoms with Crippen LogP contribution in [0.25, 0.3) is 0 Å². The maximum absolute atomic E-state index is 12.3. The van der Waals surface area contributed by atoms with Gasteiger partial charge in [-0.3, -0.25) is 0 Å². The number of hydrogen-bond acceptors (Lipinski definition) is 3. The molecule has 7 heteroatoms. The van der Waals surface area contributed by atoms with Crippen molar-refractivity contribution >= 4 is 41.9 Å². The van der Waals surface area contributed by atoms with E-state index in [1.165, 1.54) is 4.31 Å². The van der Waals surface area contributed by atoms with E-state index in [0.29, 0.717) is 13.2 Å². The highest BCUT2D eigenvalue weighted by Gasteiger charge is 2.22. The maximum Gasteiger partial charge on any atom is 0.242 e. The Labute approximate surface area is 125 Å². The molecule has 18 heavy (non-hydrogen) atoms. The second-order valence-electron chi connectivity index (χ2n) is 3.80. The standard InChI is InChI=1S/C11H15Br2NO3S/c1-14(7-10(13)8-17-2)18(15,16)11-5-3-4-9(12)6-11/h3-6,10H,7-8H2,1-2H3. The van der Waals surface area contributed by atoms with Crippen molar-refractivity contribution in [1.82, 2.24) is 4.31 Å². The van der Waals surface area contributed by atoms with E-state index in [1.807, 2.05) is 0 Å². The number of halogens is 2. The number of sulfonamides is 1. The lowest BCUT2D eigenvalue weighted by Gasteiger charge is -2.20. The molecular formula is C11H15Br2NO3S. The Balaban J connectivity index is 2.86.